The van der Waals surface area contributed by atoms with Gasteiger partial charge in [0, 0.05) is 0 Å². The van der Waals surface area contributed by atoms with E-state index in [1.54, 1.807) is 0 Å². The molecular formula is C23H38O. The molecule has 1 aliphatic carbocycles. The van der Waals surface area contributed by atoms with Crippen molar-refractivity contribution < 1.29 is 4.74 Å². The first kappa shape index (κ1) is 19.3. The van der Waals surface area contributed by atoms with Crippen molar-refractivity contribution >= 4 is 0 Å². The van der Waals surface area contributed by atoms with Crippen LogP contribution in [0.3, 0.4) is 0 Å². The van der Waals surface area contributed by atoms with Crippen molar-refractivity contribution in [3.05, 3.63) is 29.8 Å². The Labute approximate surface area is 150 Å². The first-order chi connectivity index (χ1) is 11.7. The molecule has 0 spiro atoms. The minimum atomic E-state index is 0.331. The highest BCUT2D eigenvalue weighted by molar-refractivity contribution is 5.29. The second-order valence-electron chi connectivity index (χ2n) is 7.85. The Bertz CT molecular complexity index is 428. The van der Waals surface area contributed by atoms with E-state index in [0.717, 1.165) is 17.6 Å². The molecule has 24 heavy (non-hydrogen) atoms. The molecule has 1 atom stereocenters. The fourth-order valence-corrected chi connectivity index (χ4v) is 4.16. The lowest BCUT2D eigenvalue weighted by Crippen LogP contribution is -2.13. The second kappa shape index (κ2) is 10.8. The van der Waals surface area contributed by atoms with E-state index in [1.807, 2.05) is 0 Å². The average Bonchev–Trinajstić information content (AvgIpc) is 2.60. The number of benzene rings is 1. The van der Waals surface area contributed by atoms with Crippen LogP contribution < -0.4 is 4.74 Å². The van der Waals surface area contributed by atoms with Crippen molar-refractivity contribution in [2.24, 2.45) is 5.92 Å². The van der Waals surface area contributed by atoms with Crippen LogP contribution in [-0.4, -0.2) is 6.10 Å². The Morgan fingerprint density at radius 1 is 0.917 bits per heavy atom. The molecule has 1 fully saturated rings. The zero-order valence-electron chi connectivity index (χ0n) is 16.2. The van der Waals surface area contributed by atoms with Gasteiger partial charge in [-0.1, -0.05) is 58.1 Å². The molecule has 1 nitrogen and oxygen atoms in total. The lowest BCUT2D eigenvalue weighted by molar-refractivity contribution is 0.206. The van der Waals surface area contributed by atoms with Crippen LogP contribution >= 0.6 is 0 Å². The van der Waals surface area contributed by atoms with E-state index in [4.69, 9.17) is 4.74 Å². The number of hydrogen-bond donors (Lipinski definition) is 0. The summed E-state index contributed by atoms with van der Waals surface area (Å²) in [6.45, 7) is 6.78. The summed E-state index contributed by atoms with van der Waals surface area (Å²) in [5, 5.41) is 0. The molecule has 1 aliphatic rings. The zero-order chi connectivity index (χ0) is 17.2. The maximum absolute atomic E-state index is 6.09. The summed E-state index contributed by atoms with van der Waals surface area (Å²) in [4.78, 5) is 0. The molecule has 1 heteroatoms. The Morgan fingerprint density at radius 3 is 2.25 bits per heavy atom. The topological polar surface area (TPSA) is 9.23 Å². The van der Waals surface area contributed by atoms with Crippen LogP contribution in [0.1, 0.15) is 103 Å². The molecule has 1 aromatic rings. The largest absolute Gasteiger partial charge is 0.491 e. The SMILES string of the molecule is CCCCCC[C@H](C)Oc1ccc(C2CCC(CCC)CC2)cc1. The van der Waals surface area contributed by atoms with Crippen LogP contribution in [0.15, 0.2) is 24.3 Å². The van der Waals surface area contributed by atoms with Gasteiger partial charge in [0.25, 0.3) is 0 Å². The number of unbranched alkanes of at least 4 members (excludes halogenated alkanes) is 3. The second-order valence-corrected chi connectivity index (χ2v) is 7.85. The highest BCUT2D eigenvalue weighted by atomic mass is 16.5. The van der Waals surface area contributed by atoms with Gasteiger partial charge < -0.3 is 4.74 Å². The van der Waals surface area contributed by atoms with Gasteiger partial charge in [-0.3, -0.25) is 0 Å². The van der Waals surface area contributed by atoms with Gasteiger partial charge in [-0.15, -0.1) is 0 Å². The lowest BCUT2D eigenvalue weighted by atomic mass is 9.77. The van der Waals surface area contributed by atoms with Crippen molar-refractivity contribution in [2.45, 2.75) is 103 Å². The zero-order valence-corrected chi connectivity index (χ0v) is 16.2. The highest BCUT2D eigenvalue weighted by Gasteiger charge is 2.21. The third kappa shape index (κ3) is 6.49. The molecule has 0 aromatic heterocycles. The van der Waals surface area contributed by atoms with Crippen molar-refractivity contribution in [2.75, 3.05) is 0 Å². The summed E-state index contributed by atoms with van der Waals surface area (Å²) in [5.41, 5.74) is 1.52. The number of hydrogen-bond acceptors (Lipinski definition) is 1. The smallest absolute Gasteiger partial charge is 0.119 e. The quantitative estimate of drug-likeness (QED) is 0.403. The summed E-state index contributed by atoms with van der Waals surface area (Å²) in [5.74, 6) is 2.81. The molecule has 0 N–H and O–H groups in total. The van der Waals surface area contributed by atoms with Crippen LogP contribution in [0.25, 0.3) is 0 Å². The monoisotopic (exact) mass is 330 g/mol. The summed E-state index contributed by atoms with van der Waals surface area (Å²) in [6, 6.07) is 9.00. The Hall–Kier alpha value is -0.980. The fourth-order valence-electron chi connectivity index (χ4n) is 4.16. The van der Waals surface area contributed by atoms with Crippen LogP contribution in [0.2, 0.25) is 0 Å². The molecule has 0 bridgehead atoms. The van der Waals surface area contributed by atoms with Gasteiger partial charge in [-0.2, -0.15) is 0 Å². The minimum absolute atomic E-state index is 0.331. The molecular weight excluding hydrogens is 292 g/mol. The number of ether oxygens (including phenoxy) is 1. The molecule has 0 saturated heterocycles. The van der Waals surface area contributed by atoms with Gasteiger partial charge >= 0.3 is 0 Å². The molecule has 0 amide bonds. The first-order valence-corrected chi connectivity index (χ1v) is 10.5. The normalized spacial score (nSPS) is 22.3. The lowest BCUT2D eigenvalue weighted by Gasteiger charge is -2.28. The van der Waals surface area contributed by atoms with Gasteiger partial charge in [0.15, 0.2) is 0 Å². The Morgan fingerprint density at radius 2 is 1.62 bits per heavy atom. The maximum Gasteiger partial charge on any atom is 0.119 e. The molecule has 0 radical (unpaired) electrons. The molecule has 1 saturated carbocycles. The standard InChI is InChI=1S/C23H38O/c1-4-6-7-8-10-19(3)24-23-17-15-22(16-18-23)21-13-11-20(9-5-2)12-14-21/h15-21H,4-14H2,1-3H3/t19-,20?,21?/m0/s1. The van der Waals surface area contributed by atoms with Crippen LogP contribution in [0.4, 0.5) is 0 Å². The van der Waals surface area contributed by atoms with Gasteiger partial charge in [-0.05, 0) is 75.0 Å². The van der Waals surface area contributed by atoms with Crippen molar-refractivity contribution in [1.29, 1.82) is 0 Å². The molecule has 0 aliphatic heterocycles. The van der Waals surface area contributed by atoms with E-state index in [0.29, 0.717) is 6.10 Å². The van der Waals surface area contributed by atoms with E-state index < -0.39 is 0 Å². The van der Waals surface area contributed by atoms with Crippen molar-refractivity contribution in [3.63, 3.8) is 0 Å². The van der Waals surface area contributed by atoms with Crippen molar-refractivity contribution in [3.8, 4) is 5.75 Å². The van der Waals surface area contributed by atoms with Crippen LogP contribution in [0, 0.1) is 5.92 Å². The third-order valence-electron chi connectivity index (χ3n) is 5.70. The predicted molar refractivity (Wildman–Crippen MR) is 105 cm³/mol. The van der Waals surface area contributed by atoms with Gasteiger partial charge in [0.1, 0.15) is 5.75 Å². The summed E-state index contributed by atoms with van der Waals surface area (Å²) >= 11 is 0. The molecule has 0 unspecified atom stereocenters. The van der Waals surface area contributed by atoms with E-state index in [-0.39, 0.29) is 0 Å². The Balaban J connectivity index is 1.74. The third-order valence-corrected chi connectivity index (χ3v) is 5.70. The average molecular weight is 331 g/mol. The van der Waals surface area contributed by atoms with Crippen LogP contribution in [0.5, 0.6) is 5.75 Å². The Kier molecular flexibility index (Phi) is 8.70. The summed E-state index contributed by atoms with van der Waals surface area (Å²) < 4.78 is 6.09. The van der Waals surface area contributed by atoms with Gasteiger partial charge in [-0.25, -0.2) is 0 Å². The van der Waals surface area contributed by atoms with E-state index in [9.17, 15) is 0 Å². The summed E-state index contributed by atoms with van der Waals surface area (Å²) in [7, 11) is 0. The predicted octanol–water partition coefficient (Wildman–Crippen LogP) is 7.50. The van der Waals surface area contributed by atoms with Crippen LogP contribution in [-0.2, 0) is 0 Å². The van der Waals surface area contributed by atoms with E-state index in [1.165, 1.54) is 76.2 Å². The molecule has 1 aromatic carbocycles. The molecule has 2 rings (SSSR count). The summed E-state index contributed by atoms with van der Waals surface area (Å²) in [6.07, 6.45) is 15.1. The maximum atomic E-state index is 6.09. The first-order valence-electron chi connectivity index (χ1n) is 10.5. The molecule has 136 valence electrons. The number of rotatable bonds is 10. The fraction of sp³-hybridized carbons (Fsp3) is 0.739. The van der Waals surface area contributed by atoms with E-state index in [2.05, 4.69) is 45.0 Å². The van der Waals surface area contributed by atoms with Gasteiger partial charge in [0.05, 0.1) is 6.10 Å². The molecule has 0 heterocycles. The van der Waals surface area contributed by atoms with Gasteiger partial charge in [0.2, 0.25) is 0 Å². The van der Waals surface area contributed by atoms with Crippen molar-refractivity contribution in [1.82, 2.24) is 0 Å². The minimum Gasteiger partial charge on any atom is -0.491 e. The van der Waals surface area contributed by atoms with E-state index >= 15 is 0 Å². The highest BCUT2D eigenvalue weighted by Crippen LogP contribution is 2.37.